The molecule has 2 saturated heterocycles. The number of aliphatic hydroxyl groups is 1. The Morgan fingerprint density at radius 1 is 1.06 bits per heavy atom. The molecule has 0 radical (unpaired) electrons. The fraction of sp³-hybridized carbons (Fsp3) is 1.00. The van der Waals surface area contributed by atoms with Crippen LogP contribution in [0.5, 0.6) is 0 Å². The highest BCUT2D eigenvalue weighted by Crippen LogP contribution is 2.38. The number of rotatable bonds is 1. The minimum Gasteiger partial charge on any atom is -0.388 e. The maximum absolute atomic E-state index is 11.4. The van der Waals surface area contributed by atoms with Crippen LogP contribution in [0.1, 0.15) is 32.1 Å². The highest BCUT2D eigenvalue weighted by atomic mass is 32.2. The lowest BCUT2D eigenvalue weighted by atomic mass is 9.72. The van der Waals surface area contributed by atoms with Crippen LogP contribution in [0.25, 0.3) is 0 Å². The Kier molecular flexibility index (Phi) is 3.51. The minimum atomic E-state index is -2.95. The van der Waals surface area contributed by atoms with Crippen molar-refractivity contribution in [3.05, 3.63) is 0 Å². The average molecular weight is 263 g/mol. The zero-order valence-electron chi connectivity index (χ0n) is 10.0. The topological polar surface area (TPSA) is 89.6 Å². The van der Waals surface area contributed by atoms with Crippen molar-refractivity contribution in [2.45, 2.75) is 43.2 Å². The van der Waals surface area contributed by atoms with Gasteiger partial charge in [-0.2, -0.15) is 0 Å². The van der Waals surface area contributed by atoms with E-state index >= 15 is 0 Å². The monoisotopic (exact) mass is 263 g/mol. The van der Waals surface area contributed by atoms with Crippen LogP contribution in [-0.2, 0) is 14.6 Å². The van der Waals surface area contributed by atoms with E-state index in [4.69, 9.17) is 10.5 Å². The zero-order valence-corrected chi connectivity index (χ0v) is 10.8. The lowest BCUT2D eigenvalue weighted by Gasteiger charge is -2.46. The summed E-state index contributed by atoms with van der Waals surface area (Å²) in [6.45, 7) is 1.15. The van der Waals surface area contributed by atoms with Gasteiger partial charge in [-0.05, 0) is 25.7 Å². The third-order valence-electron chi connectivity index (χ3n) is 4.18. The number of nitrogens with two attached hydrogens (primary N) is 1. The van der Waals surface area contributed by atoms with Gasteiger partial charge in [0.2, 0.25) is 0 Å². The molecule has 0 saturated carbocycles. The van der Waals surface area contributed by atoms with E-state index in [9.17, 15) is 13.5 Å². The molecule has 0 aromatic carbocycles. The smallest absolute Gasteiger partial charge is 0.150 e. The van der Waals surface area contributed by atoms with Crippen LogP contribution in [0, 0.1) is 0 Å². The van der Waals surface area contributed by atoms with Crippen LogP contribution in [0.2, 0.25) is 0 Å². The van der Waals surface area contributed by atoms with E-state index in [0.717, 1.165) is 6.42 Å². The molecule has 0 aromatic rings. The second-order valence-corrected chi connectivity index (χ2v) is 7.61. The first kappa shape index (κ1) is 13.3. The molecule has 1 atom stereocenters. The number of hydrogen-bond donors (Lipinski definition) is 2. The van der Waals surface area contributed by atoms with Crippen molar-refractivity contribution in [3.8, 4) is 0 Å². The van der Waals surface area contributed by atoms with Crippen LogP contribution in [0.15, 0.2) is 0 Å². The molecule has 2 fully saturated rings. The van der Waals surface area contributed by atoms with Crippen molar-refractivity contribution in [3.63, 3.8) is 0 Å². The summed E-state index contributed by atoms with van der Waals surface area (Å²) in [7, 11) is -2.95. The van der Waals surface area contributed by atoms with Crippen LogP contribution < -0.4 is 5.73 Å². The summed E-state index contributed by atoms with van der Waals surface area (Å²) >= 11 is 0. The predicted molar refractivity (Wildman–Crippen MR) is 64.4 cm³/mol. The maximum Gasteiger partial charge on any atom is 0.150 e. The van der Waals surface area contributed by atoms with E-state index in [1.807, 2.05) is 0 Å². The van der Waals surface area contributed by atoms with Crippen molar-refractivity contribution in [2.24, 2.45) is 5.73 Å². The Morgan fingerprint density at radius 3 is 2.35 bits per heavy atom. The van der Waals surface area contributed by atoms with Gasteiger partial charge in [0.15, 0.2) is 0 Å². The largest absolute Gasteiger partial charge is 0.388 e. The molecule has 6 heteroatoms. The maximum atomic E-state index is 11.4. The number of sulfone groups is 1. The van der Waals surface area contributed by atoms with Crippen molar-refractivity contribution in [2.75, 3.05) is 24.7 Å². The van der Waals surface area contributed by atoms with Crippen molar-refractivity contribution in [1.29, 1.82) is 0 Å². The summed E-state index contributed by atoms with van der Waals surface area (Å²) in [5.41, 5.74) is 4.54. The molecule has 2 heterocycles. The molecule has 0 bridgehead atoms. The molecule has 2 aliphatic heterocycles. The van der Waals surface area contributed by atoms with E-state index in [0.29, 0.717) is 38.9 Å². The summed E-state index contributed by atoms with van der Waals surface area (Å²) in [6.07, 6.45) is 2.59. The zero-order chi connectivity index (χ0) is 12.6. The summed E-state index contributed by atoms with van der Waals surface area (Å²) in [5, 5.41) is 10.7. The van der Waals surface area contributed by atoms with Crippen LogP contribution in [0.4, 0.5) is 0 Å². The second-order valence-electron chi connectivity index (χ2n) is 5.31. The molecule has 0 amide bonds. The molecule has 2 aliphatic rings. The molecule has 100 valence electrons. The molecule has 2 rings (SSSR count). The fourth-order valence-corrected chi connectivity index (χ4v) is 4.35. The lowest BCUT2D eigenvalue weighted by Crippen LogP contribution is -2.63. The summed E-state index contributed by atoms with van der Waals surface area (Å²) < 4.78 is 28.2. The Labute approximate surface area is 102 Å². The van der Waals surface area contributed by atoms with Gasteiger partial charge in [0.25, 0.3) is 0 Å². The number of hydrogen-bond acceptors (Lipinski definition) is 5. The minimum absolute atomic E-state index is 0.0899. The molecular formula is C11H21NO4S. The van der Waals surface area contributed by atoms with Crippen LogP contribution >= 0.6 is 0 Å². The first-order valence-corrected chi connectivity index (χ1v) is 7.99. The highest BCUT2D eigenvalue weighted by Gasteiger charge is 2.49. The molecule has 0 aromatic heterocycles. The second kappa shape index (κ2) is 4.50. The molecular weight excluding hydrogens is 242 g/mol. The fourth-order valence-electron chi connectivity index (χ4n) is 2.80. The molecule has 0 aliphatic carbocycles. The van der Waals surface area contributed by atoms with Crippen LogP contribution in [-0.4, -0.2) is 49.4 Å². The Hall–Kier alpha value is -0.170. The summed E-state index contributed by atoms with van der Waals surface area (Å²) in [6, 6.07) is 0. The molecule has 5 nitrogen and oxygen atoms in total. The van der Waals surface area contributed by atoms with E-state index < -0.39 is 21.0 Å². The van der Waals surface area contributed by atoms with E-state index in [1.54, 1.807) is 0 Å². The van der Waals surface area contributed by atoms with Gasteiger partial charge in [-0.25, -0.2) is 8.42 Å². The standard InChI is InChI=1S/C11H21NO4S/c12-10(4-8-17(14,15)9-5-10)11(13)2-1-6-16-7-3-11/h13H,1-9,12H2. The third-order valence-corrected chi connectivity index (χ3v) is 5.84. The van der Waals surface area contributed by atoms with E-state index in [2.05, 4.69) is 0 Å². The predicted octanol–water partition coefficient (Wildman–Crippen LogP) is -0.176. The van der Waals surface area contributed by atoms with E-state index in [1.165, 1.54) is 0 Å². The van der Waals surface area contributed by atoms with Gasteiger partial charge in [-0.1, -0.05) is 0 Å². The van der Waals surface area contributed by atoms with Crippen molar-refractivity contribution in [1.82, 2.24) is 0 Å². The van der Waals surface area contributed by atoms with Crippen LogP contribution in [0.3, 0.4) is 0 Å². The lowest BCUT2D eigenvalue weighted by molar-refractivity contribution is -0.0554. The van der Waals surface area contributed by atoms with Gasteiger partial charge in [0.1, 0.15) is 9.84 Å². The van der Waals surface area contributed by atoms with Gasteiger partial charge in [-0.3, -0.25) is 0 Å². The summed E-state index contributed by atoms with van der Waals surface area (Å²) in [5.74, 6) is 0.180. The number of ether oxygens (including phenoxy) is 1. The quantitative estimate of drug-likeness (QED) is 0.685. The van der Waals surface area contributed by atoms with Crippen molar-refractivity contribution >= 4 is 9.84 Å². The van der Waals surface area contributed by atoms with Gasteiger partial charge < -0.3 is 15.6 Å². The molecule has 17 heavy (non-hydrogen) atoms. The van der Waals surface area contributed by atoms with Gasteiger partial charge in [-0.15, -0.1) is 0 Å². The molecule has 3 N–H and O–H groups in total. The molecule has 0 spiro atoms. The van der Waals surface area contributed by atoms with Crippen molar-refractivity contribution < 1.29 is 18.3 Å². The first-order valence-electron chi connectivity index (χ1n) is 6.16. The normalized spacial score (nSPS) is 37.3. The molecule has 1 unspecified atom stereocenters. The van der Waals surface area contributed by atoms with Gasteiger partial charge >= 0.3 is 0 Å². The first-order chi connectivity index (χ1) is 7.87. The van der Waals surface area contributed by atoms with E-state index in [-0.39, 0.29) is 11.5 Å². The SMILES string of the molecule is NC1(C2(O)CCCOCC2)CCS(=O)(=O)CC1. The van der Waals surface area contributed by atoms with Gasteiger partial charge in [0.05, 0.1) is 17.1 Å². The Bertz CT molecular complexity index is 357. The Morgan fingerprint density at radius 2 is 1.71 bits per heavy atom. The Balaban J connectivity index is 2.14. The highest BCUT2D eigenvalue weighted by molar-refractivity contribution is 7.91. The van der Waals surface area contributed by atoms with Gasteiger partial charge in [0, 0.05) is 25.2 Å². The third kappa shape index (κ3) is 2.65. The summed E-state index contributed by atoms with van der Waals surface area (Å²) in [4.78, 5) is 0. The average Bonchev–Trinajstić information content (AvgIpc) is 2.49.